The van der Waals surface area contributed by atoms with E-state index < -0.39 is 26.3 Å². The molecule has 0 aromatic heterocycles. The zero-order valence-corrected chi connectivity index (χ0v) is 14.3. The van der Waals surface area contributed by atoms with Crippen LogP contribution in [0.5, 0.6) is 0 Å². The summed E-state index contributed by atoms with van der Waals surface area (Å²) in [5, 5.41) is 0. The van der Waals surface area contributed by atoms with Crippen LogP contribution in [0.3, 0.4) is 0 Å². The fraction of sp³-hybridized carbons (Fsp3) is 0.714. The molecule has 0 rings (SSSR count). The number of methoxy groups -OCH3 is 1. The third kappa shape index (κ3) is 8.87. The molecule has 0 aliphatic carbocycles. The molecule has 2 atom stereocenters. The summed E-state index contributed by atoms with van der Waals surface area (Å²) in [6.45, 7) is 9.89. The van der Waals surface area contributed by atoms with E-state index in [4.69, 9.17) is 9.47 Å². The number of esters is 2. The van der Waals surface area contributed by atoms with E-state index >= 15 is 0 Å². The molecule has 0 aromatic rings. The SMILES string of the molecule is CCC(C/C=C\[Si](C)(C)C)OC(OC(C)=O)C(=O)OC. The van der Waals surface area contributed by atoms with Gasteiger partial charge in [0.2, 0.25) is 0 Å². The minimum absolute atomic E-state index is 0.189. The highest BCUT2D eigenvalue weighted by Crippen LogP contribution is 2.12. The van der Waals surface area contributed by atoms with Crippen LogP contribution in [-0.4, -0.2) is 39.5 Å². The van der Waals surface area contributed by atoms with E-state index in [0.29, 0.717) is 12.8 Å². The molecule has 0 radical (unpaired) electrons. The Morgan fingerprint density at radius 2 is 1.85 bits per heavy atom. The molecular weight excluding hydrogens is 276 g/mol. The second-order valence-electron chi connectivity index (χ2n) is 5.63. The average molecular weight is 302 g/mol. The number of hydrogen-bond donors (Lipinski definition) is 0. The van der Waals surface area contributed by atoms with Gasteiger partial charge in [0.25, 0.3) is 0 Å². The Morgan fingerprint density at radius 1 is 1.25 bits per heavy atom. The molecule has 6 heteroatoms. The molecular formula is C14H26O5Si. The van der Waals surface area contributed by atoms with E-state index in [2.05, 4.69) is 36.2 Å². The van der Waals surface area contributed by atoms with E-state index in [1.54, 1.807) is 0 Å². The van der Waals surface area contributed by atoms with Gasteiger partial charge in [0.15, 0.2) is 0 Å². The standard InChI is InChI=1S/C14H26O5Si/c1-7-12(9-8-10-20(4,5)6)19-14(13(16)17-3)18-11(2)15/h8,10,12,14H,7,9H2,1-6H3/b10-8-. The predicted molar refractivity (Wildman–Crippen MR) is 79.8 cm³/mol. The lowest BCUT2D eigenvalue weighted by Crippen LogP contribution is -2.34. The number of hydrogen-bond acceptors (Lipinski definition) is 5. The molecule has 0 aliphatic heterocycles. The van der Waals surface area contributed by atoms with Crippen LogP contribution in [0.4, 0.5) is 0 Å². The fourth-order valence-corrected chi connectivity index (χ4v) is 2.29. The molecule has 0 aromatic carbocycles. The lowest BCUT2D eigenvalue weighted by Gasteiger charge is -2.21. The monoisotopic (exact) mass is 302 g/mol. The molecule has 0 saturated heterocycles. The normalized spacial score (nSPS) is 14.9. The Hall–Kier alpha value is -1.14. The van der Waals surface area contributed by atoms with Crippen LogP contribution in [0.15, 0.2) is 11.8 Å². The van der Waals surface area contributed by atoms with E-state index in [0.717, 1.165) is 0 Å². The van der Waals surface area contributed by atoms with Crippen LogP contribution in [0, 0.1) is 0 Å². The van der Waals surface area contributed by atoms with Crippen molar-refractivity contribution in [1.29, 1.82) is 0 Å². The zero-order valence-electron chi connectivity index (χ0n) is 13.3. The predicted octanol–water partition coefficient (Wildman–Crippen LogP) is 2.67. The van der Waals surface area contributed by atoms with Crippen LogP contribution in [0.1, 0.15) is 26.7 Å². The van der Waals surface area contributed by atoms with Crippen LogP contribution in [0.2, 0.25) is 19.6 Å². The summed E-state index contributed by atoms with van der Waals surface area (Å²) >= 11 is 0. The summed E-state index contributed by atoms with van der Waals surface area (Å²) in [4.78, 5) is 22.5. The number of rotatable bonds is 8. The number of ether oxygens (including phenoxy) is 3. The first-order valence-corrected chi connectivity index (χ1v) is 10.4. The first kappa shape index (κ1) is 18.9. The number of carbonyl (C=O) groups is 2. The van der Waals surface area contributed by atoms with E-state index in [1.165, 1.54) is 14.0 Å². The molecule has 0 amide bonds. The van der Waals surface area contributed by atoms with E-state index in [9.17, 15) is 9.59 Å². The molecule has 0 saturated carbocycles. The van der Waals surface area contributed by atoms with Crippen molar-refractivity contribution in [2.45, 2.75) is 58.7 Å². The van der Waals surface area contributed by atoms with Gasteiger partial charge in [-0.25, -0.2) is 4.79 Å². The molecule has 0 spiro atoms. The summed E-state index contributed by atoms with van der Waals surface area (Å²) in [6.07, 6.45) is 1.98. The van der Waals surface area contributed by atoms with E-state index in [-0.39, 0.29) is 6.10 Å². The van der Waals surface area contributed by atoms with Crippen molar-refractivity contribution < 1.29 is 23.8 Å². The molecule has 0 N–H and O–H groups in total. The van der Waals surface area contributed by atoms with Crippen molar-refractivity contribution in [3.05, 3.63) is 11.8 Å². The van der Waals surface area contributed by atoms with Crippen molar-refractivity contribution in [3.8, 4) is 0 Å². The topological polar surface area (TPSA) is 61.8 Å². The molecule has 0 bridgehead atoms. The van der Waals surface area contributed by atoms with Gasteiger partial charge in [-0.3, -0.25) is 4.79 Å². The maximum atomic E-state index is 11.5. The molecule has 116 valence electrons. The Labute approximate surface area is 122 Å². The van der Waals surface area contributed by atoms with Crippen molar-refractivity contribution >= 4 is 20.0 Å². The summed E-state index contributed by atoms with van der Waals surface area (Å²) in [5.74, 6) is -1.28. The Bertz CT molecular complexity index is 346. The maximum absolute atomic E-state index is 11.5. The van der Waals surface area contributed by atoms with Gasteiger partial charge in [-0.05, 0) is 12.8 Å². The molecule has 0 fully saturated rings. The quantitative estimate of drug-likeness (QED) is 0.392. The average Bonchev–Trinajstić information content (AvgIpc) is 2.33. The smallest absolute Gasteiger partial charge is 0.376 e. The third-order valence-electron chi connectivity index (χ3n) is 2.45. The summed E-state index contributed by atoms with van der Waals surface area (Å²) < 4.78 is 14.9. The van der Waals surface area contributed by atoms with Crippen molar-refractivity contribution in [2.75, 3.05) is 7.11 Å². The lowest BCUT2D eigenvalue weighted by atomic mass is 10.2. The highest BCUT2D eigenvalue weighted by Gasteiger charge is 2.26. The number of carbonyl (C=O) groups excluding carboxylic acids is 2. The zero-order chi connectivity index (χ0) is 15.8. The fourth-order valence-electron chi connectivity index (χ4n) is 1.45. The van der Waals surface area contributed by atoms with E-state index in [1.807, 2.05) is 6.92 Å². The minimum atomic E-state index is -1.29. The molecule has 0 heterocycles. The van der Waals surface area contributed by atoms with Crippen molar-refractivity contribution in [1.82, 2.24) is 0 Å². The minimum Gasteiger partial charge on any atom is -0.464 e. The van der Waals surface area contributed by atoms with Crippen LogP contribution in [0.25, 0.3) is 0 Å². The first-order valence-electron chi connectivity index (χ1n) is 6.77. The summed E-state index contributed by atoms with van der Waals surface area (Å²) in [7, 11) is -0.0143. The molecule has 5 nitrogen and oxygen atoms in total. The van der Waals surface area contributed by atoms with Gasteiger partial charge >= 0.3 is 18.2 Å². The second kappa shape index (κ2) is 8.92. The Morgan fingerprint density at radius 3 is 2.25 bits per heavy atom. The molecule has 20 heavy (non-hydrogen) atoms. The van der Waals surface area contributed by atoms with Crippen LogP contribution in [-0.2, 0) is 23.8 Å². The molecule has 2 unspecified atom stereocenters. The largest absolute Gasteiger partial charge is 0.464 e. The highest BCUT2D eigenvalue weighted by molar-refractivity contribution is 6.80. The van der Waals surface area contributed by atoms with Gasteiger partial charge in [0, 0.05) is 6.92 Å². The Balaban J connectivity index is 4.59. The van der Waals surface area contributed by atoms with Gasteiger partial charge < -0.3 is 14.2 Å². The van der Waals surface area contributed by atoms with Gasteiger partial charge in [-0.15, -0.1) is 0 Å². The molecule has 0 aliphatic rings. The lowest BCUT2D eigenvalue weighted by molar-refractivity contribution is -0.206. The van der Waals surface area contributed by atoms with Gasteiger partial charge in [-0.1, -0.05) is 38.3 Å². The third-order valence-corrected chi connectivity index (χ3v) is 3.69. The van der Waals surface area contributed by atoms with Crippen LogP contribution >= 0.6 is 0 Å². The van der Waals surface area contributed by atoms with Crippen LogP contribution < -0.4 is 0 Å². The summed E-state index contributed by atoms with van der Waals surface area (Å²) in [6, 6.07) is 0. The van der Waals surface area contributed by atoms with Gasteiger partial charge in [0.1, 0.15) is 0 Å². The van der Waals surface area contributed by atoms with Crippen molar-refractivity contribution in [3.63, 3.8) is 0 Å². The Kier molecular flexibility index (Phi) is 8.41. The van der Waals surface area contributed by atoms with Crippen molar-refractivity contribution in [2.24, 2.45) is 0 Å². The second-order valence-corrected chi connectivity index (χ2v) is 10.7. The highest BCUT2D eigenvalue weighted by atomic mass is 28.3. The summed E-state index contributed by atoms with van der Waals surface area (Å²) in [5.41, 5.74) is 2.22. The maximum Gasteiger partial charge on any atom is 0.376 e. The first-order chi connectivity index (χ1) is 9.19. The van der Waals surface area contributed by atoms with Gasteiger partial charge in [0.05, 0.1) is 21.3 Å². The van der Waals surface area contributed by atoms with Gasteiger partial charge in [-0.2, -0.15) is 0 Å².